The lowest BCUT2D eigenvalue weighted by atomic mass is 10.1. The molecule has 0 saturated carbocycles. The molecule has 4 rings (SSSR count). The summed E-state index contributed by atoms with van der Waals surface area (Å²) in [5, 5.41) is 3.06. The van der Waals surface area contributed by atoms with Crippen LogP contribution in [0.2, 0.25) is 0 Å². The first-order valence-corrected chi connectivity index (χ1v) is 9.21. The molecule has 0 spiro atoms. The summed E-state index contributed by atoms with van der Waals surface area (Å²) in [6, 6.07) is 9.39. The number of aromatic nitrogens is 1. The molecule has 1 fully saturated rings. The highest BCUT2D eigenvalue weighted by atomic mass is 16.6. The second-order valence-corrected chi connectivity index (χ2v) is 6.49. The van der Waals surface area contributed by atoms with Crippen molar-refractivity contribution in [1.29, 1.82) is 0 Å². The Morgan fingerprint density at radius 2 is 1.96 bits per heavy atom. The van der Waals surface area contributed by atoms with Gasteiger partial charge in [-0.15, -0.1) is 0 Å². The molecular formula is C20H23N3O4. The summed E-state index contributed by atoms with van der Waals surface area (Å²) in [5.41, 5.74) is 1.58. The number of rotatable bonds is 5. The smallest absolute Gasteiger partial charge is 0.255 e. The summed E-state index contributed by atoms with van der Waals surface area (Å²) in [6.07, 6.45) is 3.61. The lowest BCUT2D eigenvalue weighted by Gasteiger charge is -2.34. The minimum absolute atomic E-state index is 0.0447. The molecule has 1 aromatic heterocycles. The Balaban J connectivity index is 1.50. The van der Waals surface area contributed by atoms with Gasteiger partial charge in [0.2, 0.25) is 0 Å². The van der Waals surface area contributed by atoms with E-state index in [0.29, 0.717) is 50.0 Å². The van der Waals surface area contributed by atoms with Gasteiger partial charge < -0.3 is 19.5 Å². The van der Waals surface area contributed by atoms with E-state index in [4.69, 9.17) is 14.2 Å². The van der Waals surface area contributed by atoms with Crippen LogP contribution in [0.3, 0.4) is 0 Å². The lowest BCUT2D eigenvalue weighted by molar-refractivity contribution is 0.0161. The number of pyridine rings is 1. The molecule has 1 N–H and O–H groups in total. The topological polar surface area (TPSA) is 72.9 Å². The molecule has 2 aliphatic heterocycles. The summed E-state index contributed by atoms with van der Waals surface area (Å²) in [4.78, 5) is 19.4. The van der Waals surface area contributed by atoms with Gasteiger partial charge >= 0.3 is 0 Å². The van der Waals surface area contributed by atoms with E-state index in [1.165, 1.54) is 0 Å². The molecule has 1 aromatic carbocycles. The van der Waals surface area contributed by atoms with Crippen LogP contribution in [-0.2, 0) is 4.74 Å². The number of ether oxygens (including phenoxy) is 3. The Kier molecular flexibility index (Phi) is 5.50. The van der Waals surface area contributed by atoms with Gasteiger partial charge in [0.25, 0.3) is 5.91 Å². The van der Waals surface area contributed by atoms with Gasteiger partial charge in [-0.1, -0.05) is 12.1 Å². The summed E-state index contributed by atoms with van der Waals surface area (Å²) in [6.45, 7) is 4.47. The fraction of sp³-hybridized carbons (Fsp3) is 0.400. The van der Waals surface area contributed by atoms with Gasteiger partial charge in [0.1, 0.15) is 13.2 Å². The molecule has 3 heterocycles. The molecule has 2 aliphatic rings. The van der Waals surface area contributed by atoms with E-state index in [9.17, 15) is 4.79 Å². The minimum Gasteiger partial charge on any atom is -0.486 e. The van der Waals surface area contributed by atoms with Crippen molar-refractivity contribution >= 4 is 5.91 Å². The Bertz CT molecular complexity index is 778. The van der Waals surface area contributed by atoms with Crippen LogP contribution in [-0.4, -0.2) is 61.9 Å². The number of hydrogen-bond donors (Lipinski definition) is 1. The monoisotopic (exact) mass is 369 g/mol. The number of benzene rings is 1. The van der Waals surface area contributed by atoms with Crippen molar-refractivity contribution in [1.82, 2.24) is 15.2 Å². The fourth-order valence-corrected chi connectivity index (χ4v) is 3.46. The van der Waals surface area contributed by atoms with E-state index >= 15 is 0 Å². The van der Waals surface area contributed by atoms with Gasteiger partial charge in [-0.25, -0.2) is 0 Å². The average molecular weight is 369 g/mol. The van der Waals surface area contributed by atoms with E-state index in [0.717, 1.165) is 18.7 Å². The van der Waals surface area contributed by atoms with E-state index in [-0.39, 0.29) is 11.9 Å². The van der Waals surface area contributed by atoms with Gasteiger partial charge in [0, 0.05) is 32.0 Å². The first-order valence-electron chi connectivity index (χ1n) is 9.21. The standard InChI is InChI=1S/C20H23N3O4/c24-20(16-4-1-5-18-19(16)27-12-11-26-18)22-14-17(15-3-2-6-21-13-15)23-7-9-25-10-8-23/h1-6,13,17H,7-12,14H2,(H,22,24). The van der Waals surface area contributed by atoms with Crippen LogP contribution in [0.4, 0.5) is 0 Å². The highest BCUT2D eigenvalue weighted by Gasteiger charge is 2.25. The second kappa shape index (κ2) is 8.37. The third-order valence-corrected chi connectivity index (χ3v) is 4.82. The summed E-state index contributed by atoms with van der Waals surface area (Å²) >= 11 is 0. The Labute approximate surface area is 158 Å². The average Bonchev–Trinajstić information content (AvgIpc) is 2.75. The van der Waals surface area contributed by atoms with Crippen molar-refractivity contribution < 1.29 is 19.0 Å². The number of carbonyl (C=O) groups excluding carboxylic acids is 1. The third kappa shape index (κ3) is 4.04. The molecule has 0 radical (unpaired) electrons. The number of nitrogens with zero attached hydrogens (tertiary/aromatic N) is 2. The number of carbonyl (C=O) groups is 1. The van der Waals surface area contributed by atoms with Crippen molar-refractivity contribution in [3.05, 3.63) is 53.9 Å². The van der Waals surface area contributed by atoms with Crippen LogP contribution in [0.25, 0.3) is 0 Å². The number of morpholine rings is 1. The molecule has 1 atom stereocenters. The molecule has 7 heteroatoms. The first kappa shape index (κ1) is 17.8. The highest BCUT2D eigenvalue weighted by molar-refractivity contribution is 5.97. The Hall–Kier alpha value is -2.64. The number of para-hydroxylation sites is 1. The SMILES string of the molecule is O=C(NCC(c1cccnc1)N1CCOCC1)c1cccc2c1OCCO2. The highest BCUT2D eigenvalue weighted by Crippen LogP contribution is 2.33. The zero-order valence-corrected chi connectivity index (χ0v) is 15.1. The van der Waals surface area contributed by atoms with E-state index in [1.807, 2.05) is 30.5 Å². The van der Waals surface area contributed by atoms with Crippen LogP contribution < -0.4 is 14.8 Å². The van der Waals surface area contributed by atoms with Gasteiger partial charge in [-0.05, 0) is 23.8 Å². The second-order valence-electron chi connectivity index (χ2n) is 6.49. The van der Waals surface area contributed by atoms with Crippen molar-refractivity contribution in [2.75, 3.05) is 46.1 Å². The fourth-order valence-electron chi connectivity index (χ4n) is 3.46. The van der Waals surface area contributed by atoms with Crippen LogP contribution in [0.15, 0.2) is 42.7 Å². The predicted octanol–water partition coefficient (Wildman–Crippen LogP) is 1.66. The zero-order chi connectivity index (χ0) is 18.5. The molecule has 0 bridgehead atoms. The van der Waals surface area contributed by atoms with E-state index in [2.05, 4.69) is 15.2 Å². The molecule has 1 amide bonds. The molecule has 0 aliphatic carbocycles. The van der Waals surface area contributed by atoms with Crippen LogP contribution in [0.5, 0.6) is 11.5 Å². The summed E-state index contributed by atoms with van der Waals surface area (Å²) < 4.78 is 16.7. The molecule has 7 nitrogen and oxygen atoms in total. The lowest BCUT2D eigenvalue weighted by Crippen LogP contribution is -2.44. The number of amides is 1. The van der Waals surface area contributed by atoms with Gasteiger partial charge in [0.05, 0.1) is 24.8 Å². The van der Waals surface area contributed by atoms with Crippen molar-refractivity contribution in [3.63, 3.8) is 0 Å². The third-order valence-electron chi connectivity index (χ3n) is 4.82. The summed E-state index contributed by atoms with van der Waals surface area (Å²) in [5.74, 6) is 0.968. The molecule has 1 saturated heterocycles. The number of nitrogens with one attached hydrogen (secondary N) is 1. The van der Waals surface area contributed by atoms with Gasteiger partial charge in [-0.3, -0.25) is 14.7 Å². The largest absolute Gasteiger partial charge is 0.486 e. The quantitative estimate of drug-likeness (QED) is 0.864. The zero-order valence-electron chi connectivity index (χ0n) is 15.1. The van der Waals surface area contributed by atoms with Crippen molar-refractivity contribution in [2.45, 2.75) is 6.04 Å². The molecule has 2 aromatic rings. The van der Waals surface area contributed by atoms with Crippen molar-refractivity contribution in [3.8, 4) is 11.5 Å². The number of fused-ring (bicyclic) bond motifs is 1. The Morgan fingerprint density at radius 1 is 1.11 bits per heavy atom. The van der Waals surface area contributed by atoms with Crippen LogP contribution >= 0.6 is 0 Å². The van der Waals surface area contributed by atoms with Gasteiger partial charge in [-0.2, -0.15) is 0 Å². The molecular weight excluding hydrogens is 346 g/mol. The molecule has 27 heavy (non-hydrogen) atoms. The Morgan fingerprint density at radius 3 is 2.78 bits per heavy atom. The van der Waals surface area contributed by atoms with E-state index in [1.54, 1.807) is 12.3 Å². The minimum atomic E-state index is -0.167. The van der Waals surface area contributed by atoms with Gasteiger partial charge in [0.15, 0.2) is 11.5 Å². The van der Waals surface area contributed by atoms with Crippen molar-refractivity contribution in [2.24, 2.45) is 0 Å². The van der Waals surface area contributed by atoms with Crippen LogP contribution in [0, 0.1) is 0 Å². The normalized spacial score (nSPS) is 17.9. The van der Waals surface area contributed by atoms with E-state index < -0.39 is 0 Å². The van der Waals surface area contributed by atoms with Crippen LogP contribution in [0.1, 0.15) is 22.0 Å². The maximum Gasteiger partial charge on any atom is 0.255 e. The first-order chi connectivity index (χ1) is 13.3. The predicted molar refractivity (Wildman–Crippen MR) is 99.1 cm³/mol. The number of hydrogen-bond acceptors (Lipinski definition) is 6. The summed E-state index contributed by atoms with van der Waals surface area (Å²) in [7, 11) is 0. The maximum atomic E-state index is 12.8. The molecule has 142 valence electrons. The maximum absolute atomic E-state index is 12.8. The molecule has 1 unspecified atom stereocenters.